The molecule has 0 spiro atoms. The molecule has 0 fully saturated rings. The molecule has 0 atom stereocenters. The molecule has 0 bridgehead atoms. The minimum atomic E-state index is -0.314. The van der Waals surface area contributed by atoms with Crippen molar-refractivity contribution < 1.29 is 4.79 Å². The average molecular weight is 382 g/mol. The Balaban J connectivity index is 1.38. The average Bonchev–Trinajstić information content (AvgIpc) is 3.40. The van der Waals surface area contributed by atoms with Gasteiger partial charge in [0.1, 0.15) is 6.67 Å². The number of rotatable bonds is 6. The van der Waals surface area contributed by atoms with Crippen molar-refractivity contribution in [3.8, 4) is 0 Å². The van der Waals surface area contributed by atoms with E-state index in [1.165, 1.54) is 0 Å². The van der Waals surface area contributed by atoms with E-state index < -0.39 is 0 Å². The van der Waals surface area contributed by atoms with Crippen molar-refractivity contribution >= 4 is 23.3 Å². The molecule has 1 N–H and O–H groups in total. The summed E-state index contributed by atoms with van der Waals surface area (Å²) in [4.78, 5) is 12.4. The smallest absolute Gasteiger partial charge is 0.277 e. The van der Waals surface area contributed by atoms with Crippen molar-refractivity contribution in [1.82, 2.24) is 29.3 Å². The minimum absolute atomic E-state index is 0.314. The molecule has 0 aliphatic carbocycles. The molecule has 9 heteroatoms. The number of anilines is 1. The molecule has 1 amide bonds. The van der Waals surface area contributed by atoms with Crippen LogP contribution in [0.25, 0.3) is 0 Å². The van der Waals surface area contributed by atoms with E-state index in [2.05, 4.69) is 20.6 Å². The topological polar surface area (TPSA) is 82.6 Å². The molecule has 27 heavy (non-hydrogen) atoms. The molecule has 0 unspecified atom stereocenters. The standard InChI is InChI=1S/C18H16ClN7O/c19-15-4-2-14(3-5-15)12-24-11-7-17(23-24)21-18(27)16-6-10-26(22-16)13-25-9-1-8-20-25/h1-11H,12-13H2,(H,21,23,27). The Hall–Kier alpha value is -3.39. The number of halogens is 1. The zero-order valence-corrected chi connectivity index (χ0v) is 15.0. The summed E-state index contributed by atoms with van der Waals surface area (Å²) in [5.74, 6) is 0.154. The lowest BCUT2D eigenvalue weighted by atomic mass is 10.2. The number of amides is 1. The summed E-state index contributed by atoms with van der Waals surface area (Å²) in [7, 11) is 0. The van der Waals surface area contributed by atoms with E-state index in [1.807, 2.05) is 36.5 Å². The van der Waals surface area contributed by atoms with E-state index in [4.69, 9.17) is 11.6 Å². The van der Waals surface area contributed by atoms with Crippen molar-refractivity contribution in [2.75, 3.05) is 5.32 Å². The minimum Gasteiger partial charge on any atom is -0.304 e. The van der Waals surface area contributed by atoms with Gasteiger partial charge in [-0.2, -0.15) is 15.3 Å². The number of carbonyl (C=O) groups is 1. The first-order valence-corrected chi connectivity index (χ1v) is 8.64. The van der Waals surface area contributed by atoms with Crippen molar-refractivity contribution in [3.63, 3.8) is 0 Å². The monoisotopic (exact) mass is 381 g/mol. The van der Waals surface area contributed by atoms with Crippen molar-refractivity contribution in [2.24, 2.45) is 0 Å². The molecular formula is C18H16ClN7O. The van der Waals surface area contributed by atoms with Crippen molar-refractivity contribution in [2.45, 2.75) is 13.2 Å². The third kappa shape index (κ3) is 4.24. The van der Waals surface area contributed by atoms with Crippen LogP contribution in [0, 0.1) is 0 Å². The van der Waals surface area contributed by atoms with Crippen molar-refractivity contribution in [3.05, 3.63) is 83.5 Å². The molecule has 4 aromatic rings. The Labute approximate surface area is 160 Å². The molecule has 0 aliphatic rings. The van der Waals surface area contributed by atoms with E-state index in [1.54, 1.807) is 44.8 Å². The maximum absolute atomic E-state index is 12.4. The summed E-state index contributed by atoms with van der Waals surface area (Å²) in [5.41, 5.74) is 1.38. The van der Waals surface area contributed by atoms with Crippen molar-refractivity contribution in [1.29, 1.82) is 0 Å². The van der Waals surface area contributed by atoms with Gasteiger partial charge in [0.05, 0.1) is 6.54 Å². The molecule has 4 rings (SSSR count). The number of benzene rings is 1. The Morgan fingerprint density at radius 1 is 0.963 bits per heavy atom. The van der Waals surface area contributed by atoms with Gasteiger partial charge in [-0.3, -0.25) is 18.8 Å². The largest absolute Gasteiger partial charge is 0.304 e. The predicted octanol–water partition coefficient (Wildman–Crippen LogP) is 2.74. The lowest BCUT2D eigenvalue weighted by molar-refractivity contribution is 0.102. The normalized spacial score (nSPS) is 10.9. The molecule has 0 saturated heterocycles. The number of nitrogens with zero attached hydrogens (tertiary/aromatic N) is 6. The van der Waals surface area contributed by atoms with Crippen LogP contribution >= 0.6 is 11.6 Å². The number of carbonyl (C=O) groups excluding carboxylic acids is 1. The van der Waals surface area contributed by atoms with Crippen LogP contribution in [-0.2, 0) is 13.2 Å². The number of hydrogen-bond donors (Lipinski definition) is 1. The molecule has 0 radical (unpaired) electrons. The second-order valence-electron chi connectivity index (χ2n) is 5.91. The summed E-state index contributed by atoms with van der Waals surface area (Å²) < 4.78 is 5.10. The SMILES string of the molecule is O=C(Nc1ccn(Cc2ccc(Cl)cc2)n1)c1ccn(Cn2cccn2)n1. The first kappa shape index (κ1) is 17.0. The Kier molecular flexibility index (Phi) is 4.71. The predicted molar refractivity (Wildman–Crippen MR) is 101 cm³/mol. The lowest BCUT2D eigenvalue weighted by Crippen LogP contribution is -2.15. The maximum atomic E-state index is 12.4. The lowest BCUT2D eigenvalue weighted by Gasteiger charge is -2.03. The zero-order valence-electron chi connectivity index (χ0n) is 14.2. The maximum Gasteiger partial charge on any atom is 0.277 e. The fraction of sp³-hybridized carbons (Fsp3) is 0.111. The van der Waals surface area contributed by atoms with Crippen LogP contribution in [0.1, 0.15) is 16.1 Å². The first-order chi connectivity index (χ1) is 13.2. The van der Waals surface area contributed by atoms with Gasteiger partial charge in [0.2, 0.25) is 0 Å². The van der Waals surface area contributed by atoms with Crippen LogP contribution in [-0.4, -0.2) is 35.2 Å². The highest BCUT2D eigenvalue weighted by atomic mass is 35.5. The van der Waals surface area contributed by atoms with E-state index in [9.17, 15) is 4.79 Å². The molecule has 3 heterocycles. The second kappa shape index (κ2) is 7.46. The Morgan fingerprint density at radius 3 is 2.56 bits per heavy atom. The fourth-order valence-corrected chi connectivity index (χ4v) is 2.69. The highest BCUT2D eigenvalue weighted by molar-refractivity contribution is 6.30. The number of aromatic nitrogens is 6. The Morgan fingerprint density at radius 2 is 1.78 bits per heavy atom. The summed E-state index contributed by atoms with van der Waals surface area (Å²) in [6, 6.07) is 12.8. The van der Waals surface area contributed by atoms with Gasteiger partial charge in [0.25, 0.3) is 5.91 Å². The van der Waals surface area contributed by atoms with Gasteiger partial charge in [-0.05, 0) is 29.8 Å². The van der Waals surface area contributed by atoms with Gasteiger partial charge in [0.15, 0.2) is 11.5 Å². The molecule has 1 aromatic carbocycles. The molecule has 8 nitrogen and oxygen atoms in total. The second-order valence-corrected chi connectivity index (χ2v) is 6.34. The first-order valence-electron chi connectivity index (χ1n) is 8.26. The highest BCUT2D eigenvalue weighted by Gasteiger charge is 2.11. The van der Waals surface area contributed by atoms with Gasteiger partial charge in [-0.25, -0.2) is 0 Å². The highest BCUT2D eigenvalue weighted by Crippen LogP contribution is 2.12. The summed E-state index contributed by atoms with van der Waals surface area (Å²) in [5, 5.41) is 16.2. The van der Waals surface area contributed by atoms with Gasteiger partial charge in [-0.1, -0.05) is 23.7 Å². The molecule has 136 valence electrons. The summed E-state index contributed by atoms with van der Waals surface area (Å²) in [6.45, 7) is 1.03. The molecule has 0 saturated carbocycles. The van der Waals surface area contributed by atoms with Crippen LogP contribution in [0.15, 0.2) is 67.3 Å². The third-order valence-corrected chi connectivity index (χ3v) is 4.11. The third-order valence-electron chi connectivity index (χ3n) is 3.86. The zero-order chi connectivity index (χ0) is 18.6. The molecular weight excluding hydrogens is 366 g/mol. The summed E-state index contributed by atoms with van der Waals surface area (Å²) >= 11 is 5.89. The van der Waals surface area contributed by atoms with E-state index in [0.717, 1.165) is 5.56 Å². The molecule has 0 aliphatic heterocycles. The van der Waals surface area contributed by atoms with Gasteiger partial charge < -0.3 is 5.32 Å². The van der Waals surface area contributed by atoms with E-state index in [0.29, 0.717) is 29.7 Å². The Bertz CT molecular complexity index is 1030. The van der Waals surface area contributed by atoms with Gasteiger partial charge >= 0.3 is 0 Å². The van der Waals surface area contributed by atoms with Crippen LogP contribution in [0.4, 0.5) is 5.82 Å². The van der Waals surface area contributed by atoms with Crippen LogP contribution in [0.3, 0.4) is 0 Å². The quantitative estimate of drug-likeness (QED) is 0.556. The summed E-state index contributed by atoms with van der Waals surface area (Å²) in [6.07, 6.45) is 7.06. The van der Waals surface area contributed by atoms with Crippen LogP contribution < -0.4 is 5.32 Å². The van der Waals surface area contributed by atoms with Crippen LogP contribution in [0.5, 0.6) is 0 Å². The van der Waals surface area contributed by atoms with Crippen LogP contribution in [0.2, 0.25) is 5.02 Å². The number of hydrogen-bond acceptors (Lipinski definition) is 4. The van der Waals surface area contributed by atoms with E-state index >= 15 is 0 Å². The van der Waals surface area contributed by atoms with Gasteiger partial charge in [-0.15, -0.1) is 0 Å². The van der Waals surface area contributed by atoms with E-state index in [-0.39, 0.29) is 5.91 Å². The fourth-order valence-electron chi connectivity index (χ4n) is 2.57. The number of nitrogens with one attached hydrogen (secondary N) is 1. The van der Waals surface area contributed by atoms with Gasteiger partial charge in [0, 0.05) is 35.9 Å². The molecule has 3 aromatic heterocycles.